The third-order valence-corrected chi connectivity index (χ3v) is 8.22. The van der Waals surface area contributed by atoms with Gasteiger partial charge in [-0.05, 0) is 61.9 Å². The number of fused-ring (bicyclic) bond motifs is 2. The molecule has 4 aromatic rings. The predicted octanol–water partition coefficient (Wildman–Crippen LogP) is 5.17. The van der Waals surface area contributed by atoms with Gasteiger partial charge in [0.25, 0.3) is 0 Å². The first-order chi connectivity index (χ1) is 16.4. The molecule has 5 rings (SSSR count). The third kappa shape index (κ3) is 4.04. The second-order valence-corrected chi connectivity index (χ2v) is 10.9. The Kier molecular flexibility index (Phi) is 6.22. The lowest BCUT2D eigenvalue weighted by Crippen LogP contribution is -2.35. The summed E-state index contributed by atoms with van der Waals surface area (Å²) < 4.78 is 7.62. The first-order valence-electron chi connectivity index (χ1n) is 12.0. The molecular weight excluding hydrogens is 444 g/mol. The fraction of sp³-hybridized carbons (Fsp3) is 0.462. The van der Waals surface area contributed by atoms with E-state index in [4.69, 9.17) is 10.5 Å². The maximum absolute atomic E-state index is 5.85. The molecule has 1 aliphatic rings. The van der Waals surface area contributed by atoms with Crippen molar-refractivity contribution in [3.63, 3.8) is 0 Å². The molecule has 0 atom stereocenters. The van der Waals surface area contributed by atoms with Crippen LogP contribution in [-0.2, 0) is 11.3 Å². The van der Waals surface area contributed by atoms with Gasteiger partial charge in [0.15, 0.2) is 5.65 Å². The van der Waals surface area contributed by atoms with Gasteiger partial charge in [-0.3, -0.25) is 4.90 Å². The third-order valence-electron chi connectivity index (χ3n) is 6.91. The zero-order valence-electron chi connectivity index (χ0n) is 20.5. The quantitative estimate of drug-likeness (QED) is 0.383. The summed E-state index contributed by atoms with van der Waals surface area (Å²) in [6.45, 7) is 14.1. The van der Waals surface area contributed by atoms with Gasteiger partial charge in [0.05, 0.1) is 12.3 Å². The Morgan fingerprint density at radius 2 is 2.12 bits per heavy atom. The Labute approximate surface area is 204 Å². The molecule has 1 saturated heterocycles. The van der Waals surface area contributed by atoms with Crippen LogP contribution in [0.2, 0.25) is 0 Å². The number of H-pyrrole nitrogens is 1. The number of aromatic amines is 1. The van der Waals surface area contributed by atoms with Crippen molar-refractivity contribution in [2.45, 2.75) is 52.1 Å². The monoisotopic (exact) mass is 478 g/mol. The summed E-state index contributed by atoms with van der Waals surface area (Å²) in [7, 11) is 1.80. The van der Waals surface area contributed by atoms with Gasteiger partial charge in [0.2, 0.25) is 0 Å². The Morgan fingerprint density at radius 1 is 1.35 bits per heavy atom. The van der Waals surface area contributed by atoms with E-state index in [1.54, 1.807) is 13.4 Å². The number of hydrogen-bond donors (Lipinski definition) is 2. The number of hydrogen-bond acceptors (Lipinski definition) is 6. The molecule has 4 aromatic heterocycles. The number of pyridine rings is 1. The number of piperidine rings is 1. The molecule has 0 aromatic carbocycles. The van der Waals surface area contributed by atoms with E-state index in [0.717, 1.165) is 54.9 Å². The molecule has 7 nitrogen and oxygen atoms in total. The van der Waals surface area contributed by atoms with E-state index in [0.29, 0.717) is 18.4 Å². The van der Waals surface area contributed by atoms with Gasteiger partial charge >= 0.3 is 0 Å². The molecule has 0 spiro atoms. The van der Waals surface area contributed by atoms with Crippen molar-refractivity contribution >= 4 is 27.2 Å². The molecule has 0 radical (unpaired) electrons. The predicted molar refractivity (Wildman–Crippen MR) is 139 cm³/mol. The second kappa shape index (κ2) is 9.17. The molecule has 0 aliphatic carbocycles. The zero-order valence-corrected chi connectivity index (χ0v) is 21.3. The highest BCUT2D eigenvalue weighted by molar-refractivity contribution is 7.19. The molecule has 0 bridgehead atoms. The first kappa shape index (κ1) is 23.1. The molecule has 5 heterocycles. The van der Waals surface area contributed by atoms with E-state index in [9.17, 15) is 0 Å². The highest BCUT2D eigenvalue weighted by Crippen LogP contribution is 2.46. The van der Waals surface area contributed by atoms with Crippen LogP contribution in [0.25, 0.3) is 27.1 Å². The lowest BCUT2D eigenvalue weighted by atomic mass is 9.90. The van der Waals surface area contributed by atoms with Crippen LogP contribution in [0.3, 0.4) is 0 Å². The SMILES string of the molecule is C=C(N)CN1CCC(c2sc3[nH]c(-c4cc(C)c5ncnn5c4)c(C(C)C)c3c2COC)CC1. The minimum absolute atomic E-state index is 0.367. The largest absolute Gasteiger partial charge is 0.401 e. The summed E-state index contributed by atoms with van der Waals surface area (Å²) in [6, 6.07) is 2.21. The van der Waals surface area contributed by atoms with E-state index in [1.807, 2.05) is 15.9 Å². The molecule has 0 unspecified atom stereocenters. The lowest BCUT2D eigenvalue weighted by molar-refractivity contribution is 0.183. The number of nitrogens with two attached hydrogens (primary N) is 1. The van der Waals surface area contributed by atoms with Crippen LogP contribution in [0.1, 0.15) is 60.1 Å². The van der Waals surface area contributed by atoms with Crippen molar-refractivity contribution in [3.05, 3.63) is 52.4 Å². The van der Waals surface area contributed by atoms with Gasteiger partial charge < -0.3 is 15.5 Å². The maximum Gasteiger partial charge on any atom is 0.158 e. The maximum atomic E-state index is 5.85. The Bertz CT molecular complexity index is 1340. The number of aromatic nitrogens is 4. The molecule has 3 N–H and O–H groups in total. The van der Waals surface area contributed by atoms with Crippen LogP contribution in [0.15, 0.2) is 30.9 Å². The number of aryl methyl sites for hydroxylation is 1. The fourth-order valence-electron chi connectivity index (χ4n) is 5.45. The van der Waals surface area contributed by atoms with E-state index < -0.39 is 0 Å². The summed E-state index contributed by atoms with van der Waals surface area (Å²) in [4.78, 5) is 13.3. The van der Waals surface area contributed by atoms with Gasteiger partial charge in [-0.1, -0.05) is 20.4 Å². The summed E-state index contributed by atoms with van der Waals surface area (Å²) >= 11 is 1.91. The molecular formula is C26H34N6OS. The van der Waals surface area contributed by atoms with E-state index in [1.165, 1.54) is 31.9 Å². The fourth-order valence-corrected chi connectivity index (χ4v) is 6.85. The number of nitrogens with one attached hydrogen (secondary N) is 1. The lowest BCUT2D eigenvalue weighted by Gasteiger charge is -2.32. The van der Waals surface area contributed by atoms with Crippen LogP contribution in [0.4, 0.5) is 0 Å². The minimum atomic E-state index is 0.367. The van der Waals surface area contributed by atoms with Gasteiger partial charge in [0.1, 0.15) is 11.2 Å². The van der Waals surface area contributed by atoms with Gasteiger partial charge in [0, 0.05) is 46.9 Å². The van der Waals surface area contributed by atoms with E-state index >= 15 is 0 Å². The van der Waals surface area contributed by atoms with E-state index in [-0.39, 0.29) is 0 Å². The van der Waals surface area contributed by atoms with Crippen LogP contribution in [0, 0.1) is 6.92 Å². The smallest absolute Gasteiger partial charge is 0.158 e. The van der Waals surface area contributed by atoms with Crippen molar-refractivity contribution in [3.8, 4) is 11.3 Å². The Morgan fingerprint density at radius 3 is 2.79 bits per heavy atom. The van der Waals surface area contributed by atoms with Gasteiger partial charge in [-0.15, -0.1) is 11.3 Å². The number of rotatable bonds is 7. The number of nitrogens with zero attached hydrogens (tertiary/aromatic N) is 4. The molecule has 34 heavy (non-hydrogen) atoms. The van der Waals surface area contributed by atoms with Crippen LogP contribution in [-0.4, -0.2) is 51.2 Å². The average molecular weight is 479 g/mol. The molecule has 8 heteroatoms. The Hall–Kier alpha value is -2.68. The number of methoxy groups -OCH3 is 1. The summed E-state index contributed by atoms with van der Waals surface area (Å²) in [5.41, 5.74) is 13.6. The molecule has 1 fully saturated rings. The molecule has 180 valence electrons. The minimum Gasteiger partial charge on any atom is -0.401 e. The Balaban J connectivity index is 1.58. The molecule has 1 aliphatic heterocycles. The highest BCUT2D eigenvalue weighted by Gasteiger charge is 2.29. The van der Waals surface area contributed by atoms with E-state index in [2.05, 4.69) is 59.6 Å². The number of thiophene rings is 1. The number of ether oxygens (including phenoxy) is 1. The summed E-state index contributed by atoms with van der Waals surface area (Å²) in [5, 5.41) is 5.73. The van der Waals surface area contributed by atoms with Gasteiger partial charge in [-0.25, -0.2) is 9.50 Å². The van der Waals surface area contributed by atoms with Gasteiger partial charge in [-0.2, -0.15) is 5.10 Å². The second-order valence-electron chi connectivity index (χ2n) is 9.80. The zero-order chi connectivity index (χ0) is 24.0. The highest BCUT2D eigenvalue weighted by atomic mass is 32.1. The van der Waals surface area contributed by atoms with Crippen LogP contribution in [0.5, 0.6) is 0 Å². The first-order valence-corrected chi connectivity index (χ1v) is 12.8. The normalized spacial score (nSPS) is 15.8. The van der Waals surface area contributed by atoms with Crippen molar-refractivity contribution < 1.29 is 4.74 Å². The molecule has 0 amide bonds. The molecule has 0 saturated carbocycles. The number of likely N-dealkylation sites (tertiary alicyclic amines) is 1. The van der Waals surface area contributed by atoms with Crippen LogP contribution < -0.4 is 5.73 Å². The van der Waals surface area contributed by atoms with Crippen molar-refractivity contribution in [1.82, 2.24) is 24.5 Å². The summed E-state index contributed by atoms with van der Waals surface area (Å²) in [6.07, 6.45) is 5.97. The van der Waals surface area contributed by atoms with Crippen molar-refractivity contribution in [1.29, 1.82) is 0 Å². The standard InChI is InChI=1S/C26H34N6OS/c1-15(2)21-22-20(13-33-5)24(18-6-8-31(9-7-18)11-17(4)27)34-26(22)30-23(21)19-10-16(3)25-28-14-29-32(25)12-19/h10,12,14-15,18,30H,4,6-9,11,13,27H2,1-3,5H3. The topological polar surface area (TPSA) is 84.5 Å². The van der Waals surface area contributed by atoms with Crippen LogP contribution >= 0.6 is 11.3 Å². The van der Waals surface area contributed by atoms with Crippen molar-refractivity contribution in [2.75, 3.05) is 26.7 Å². The summed E-state index contributed by atoms with van der Waals surface area (Å²) in [5.74, 6) is 0.918. The van der Waals surface area contributed by atoms with Crippen molar-refractivity contribution in [2.24, 2.45) is 5.73 Å². The average Bonchev–Trinajstić information content (AvgIpc) is 3.48.